The van der Waals surface area contributed by atoms with Gasteiger partial charge in [0.05, 0.1) is 6.04 Å². The third-order valence-corrected chi connectivity index (χ3v) is 5.36. The lowest BCUT2D eigenvalue weighted by atomic mass is 10.0. The predicted octanol–water partition coefficient (Wildman–Crippen LogP) is -0.281. The van der Waals surface area contributed by atoms with Gasteiger partial charge in [0.25, 0.3) is 0 Å². The molecule has 0 heterocycles. The molecule has 11 heteroatoms. The fraction of sp³-hybridized carbons (Fsp3) is 0.320. The van der Waals surface area contributed by atoms with Gasteiger partial charge in [-0.3, -0.25) is 19.4 Å². The zero-order valence-electron chi connectivity index (χ0n) is 19.8. The molecule has 192 valence electrons. The van der Waals surface area contributed by atoms with Gasteiger partial charge in [0, 0.05) is 18.5 Å². The van der Waals surface area contributed by atoms with E-state index in [2.05, 4.69) is 15.6 Å². The topological polar surface area (TPSA) is 203 Å². The Hall–Kier alpha value is -4.25. The van der Waals surface area contributed by atoms with E-state index in [-0.39, 0.29) is 31.8 Å². The Morgan fingerprint density at radius 3 is 2.22 bits per heavy atom. The Balaban J connectivity index is 2.11. The van der Waals surface area contributed by atoms with Gasteiger partial charge in [-0.05, 0) is 36.5 Å². The third-order valence-electron chi connectivity index (χ3n) is 5.36. The molecule has 36 heavy (non-hydrogen) atoms. The van der Waals surface area contributed by atoms with Crippen molar-refractivity contribution < 1.29 is 24.3 Å². The second-order valence-corrected chi connectivity index (χ2v) is 8.27. The van der Waals surface area contributed by atoms with E-state index in [9.17, 15) is 24.3 Å². The SMILES string of the molecule is NC(N)=NCCCC(NC(=O)C(Cc1ccccc1)NC(=O)C(N)Cc1cccc(C=O)c1)C(=O)O. The highest BCUT2D eigenvalue weighted by atomic mass is 16.4. The molecule has 2 aromatic carbocycles. The van der Waals surface area contributed by atoms with Crippen LogP contribution in [0.4, 0.5) is 0 Å². The Bertz CT molecular complexity index is 1070. The number of hydrogen-bond donors (Lipinski definition) is 6. The summed E-state index contributed by atoms with van der Waals surface area (Å²) in [6, 6.07) is 12.4. The zero-order valence-corrected chi connectivity index (χ0v) is 19.8. The number of nitrogens with zero attached hydrogens (tertiary/aromatic N) is 1. The summed E-state index contributed by atoms with van der Waals surface area (Å²) in [5, 5.41) is 14.7. The van der Waals surface area contributed by atoms with Crippen molar-refractivity contribution in [2.75, 3.05) is 6.54 Å². The molecule has 0 aromatic heterocycles. The molecule has 3 unspecified atom stereocenters. The van der Waals surface area contributed by atoms with E-state index in [1.165, 1.54) is 0 Å². The van der Waals surface area contributed by atoms with Crippen LogP contribution in [0, 0.1) is 0 Å². The summed E-state index contributed by atoms with van der Waals surface area (Å²) in [4.78, 5) is 52.4. The van der Waals surface area contributed by atoms with Crippen LogP contribution in [0.1, 0.15) is 34.3 Å². The molecule has 0 fully saturated rings. The van der Waals surface area contributed by atoms with Crippen molar-refractivity contribution in [3.8, 4) is 0 Å². The van der Waals surface area contributed by atoms with E-state index in [0.717, 1.165) is 5.56 Å². The van der Waals surface area contributed by atoms with Gasteiger partial charge in [-0.25, -0.2) is 4.79 Å². The van der Waals surface area contributed by atoms with Gasteiger partial charge in [-0.15, -0.1) is 0 Å². The summed E-state index contributed by atoms with van der Waals surface area (Å²) >= 11 is 0. The Kier molecular flexibility index (Phi) is 11.1. The number of aliphatic carboxylic acids is 1. The lowest BCUT2D eigenvalue weighted by Crippen LogP contribution is -2.55. The molecule has 0 aliphatic carbocycles. The van der Waals surface area contributed by atoms with Crippen LogP contribution in [0.25, 0.3) is 0 Å². The molecule has 0 radical (unpaired) electrons. The Morgan fingerprint density at radius 2 is 1.58 bits per heavy atom. The van der Waals surface area contributed by atoms with Gasteiger partial charge >= 0.3 is 5.97 Å². The Morgan fingerprint density at radius 1 is 0.917 bits per heavy atom. The summed E-state index contributed by atoms with van der Waals surface area (Å²) in [7, 11) is 0. The number of aldehydes is 1. The van der Waals surface area contributed by atoms with E-state index in [0.29, 0.717) is 23.8 Å². The van der Waals surface area contributed by atoms with Crippen molar-refractivity contribution in [3.05, 3.63) is 71.3 Å². The number of carbonyl (C=O) groups excluding carboxylic acids is 3. The van der Waals surface area contributed by atoms with Crippen molar-refractivity contribution in [2.24, 2.45) is 22.2 Å². The minimum atomic E-state index is -1.22. The normalized spacial score (nSPS) is 13.0. The number of hydrogen-bond acceptors (Lipinski definition) is 6. The van der Waals surface area contributed by atoms with Crippen LogP contribution in [0.2, 0.25) is 0 Å². The van der Waals surface area contributed by atoms with Crippen LogP contribution in [-0.2, 0) is 27.2 Å². The second-order valence-electron chi connectivity index (χ2n) is 8.27. The lowest BCUT2D eigenvalue weighted by molar-refractivity contribution is -0.142. The maximum absolute atomic E-state index is 13.1. The highest BCUT2D eigenvalue weighted by molar-refractivity contribution is 5.92. The predicted molar refractivity (Wildman–Crippen MR) is 135 cm³/mol. The molecule has 2 aromatic rings. The maximum Gasteiger partial charge on any atom is 0.326 e. The molecular weight excluding hydrogens is 464 g/mol. The molecule has 0 spiro atoms. The molecule has 11 nitrogen and oxygen atoms in total. The summed E-state index contributed by atoms with van der Waals surface area (Å²) < 4.78 is 0. The molecule has 2 rings (SSSR count). The summed E-state index contributed by atoms with van der Waals surface area (Å²) in [6.07, 6.45) is 1.40. The fourth-order valence-corrected chi connectivity index (χ4v) is 3.51. The van der Waals surface area contributed by atoms with E-state index < -0.39 is 35.9 Å². The largest absolute Gasteiger partial charge is 0.480 e. The standard InChI is InChI=1S/C25H32N6O5/c26-19(13-17-8-4-9-18(12-17)15-32)22(33)31-21(14-16-6-2-1-3-7-16)23(34)30-20(24(35)36)10-5-11-29-25(27)28/h1-4,6-9,12,15,19-21H,5,10-11,13-14,26H2,(H,30,34)(H,31,33)(H,35,36)(H4,27,28,29). The van der Waals surface area contributed by atoms with Crippen LogP contribution in [-0.4, -0.2) is 59.8 Å². The van der Waals surface area contributed by atoms with Gasteiger partial charge in [-0.1, -0.05) is 48.5 Å². The summed E-state index contributed by atoms with van der Waals surface area (Å²) in [6.45, 7) is 0.215. The summed E-state index contributed by atoms with van der Waals surface area (Å²) in [5.41, 5.74) is 18.5. The molecule has 2 amide bonds. The molecule has 0 aliphatic heterocycles. The van der Waals surface area contributed by atoms with Gasteiger partial charge < -0.3 is 32.9 Å². The maximum atomic E-state index is 13.1. The van der Waals surface area contributed by atoms with E-state index >= 15 is 0 Å². The van der Waals surface area contributed by atoms with Crippen molar-refractivity contribution in [1.82, 2.24) is 10.6 Å². The molecule has 9 N–H and O–H groups in total. The molecule has 0 bridgehead atoms. The molecule has 0 aliphatic rings. The van der Waals surface area contributed by atoms with Gasteiger partial charge in [0.2, 0.25) is 11.8 Å². The highest BCUT2D eigenvalue weighted by Crippen LogP contribution is 2.08. The van der Waals surface area contributed by atoms with Crippen LogP contribution in [0.3, 0.4) is 0 Å². The first kappa shape index (κ1) is 28.0. The van der Waals surface area contributed by atoms with Crippen molar-refractivity contribution in [1.29, 1.82) is 0 Å². The van der Waals surface area contributed by atoms with Gasteiger partial charge in [-0.2, -0.15) is 0 Å². The number of rotatable bonds is 14. The number of carboxylic acids is 1. The van der Waals surface area contributed by atoms with Crippen molar-refractivity contribution in [2.45, 2.75) is 43.8 Å². The monoisotopic (exact) mass is 496 g/mol. The van der Waals surface area contributed by atoms with Gasteiger partial charge in [0.15, 0.2) is 5.96 Å². The lowest BCUT2D eigenvalue weighted by Gasteiger charge is -2.23. The molecule has 3 atom stereocenters. The number of nitrogens with one attached hydrogen (secondary N) is 2. The van der Waals surface area contributed by atoms with Crippen molar-refractivity contribution in [3.63, 3.8) is 0 Å². The minimum absolute atomic E-state index is 0.0937. The quantitative estimate of drug-likeness (QED) is 0.0886. The van der Waals surface area contributed by atoms with E-state index in [1.807, 2.05) is 6.07 Å². The number of nitrogens with two attached hydrogens (primary N) is 3. The third kappa shape index (κ3) is 9.55. The average Bonchev–Trinajstić information content (AvgIpc) is 2.85. The average molecular weight is 497 g/mol. The van der Waals surface area contributed by atoms with Crippen LogP contribution >= 0.6 is 0 Å². The number of guanidine groups is 1. The minimum Gasteiger partial charge on any atom is -0.480 e. The zero-order chi connectivity index (χ0) is 26.5. The van der Waals surface area contributed by atoms with Crippen LogP contribution in [0.5, 0.6) is 0 Å². The first-order chi connectivity index (χ1) is 17.2. The number of amides is 2. The molecular formula is C25H32N6O5. The first-order valence-electron chi connectivity index (χ1n) is 11.4. The first-order valence-corrected chi connectivity index (χ1v) is 11.4. The second kappa shape index (κ2) is 14.2. The Labute approximate surface area is 209 Å². The number of benzene rings is 2. The molecule has 0 saturated carbocycles. The van der Waals surface area contributed by atoms with E-state index in [4.69, 9.17) is 17.2 Å². The highest BCUT2D eigenvalue weighted by Gasteiger charge is 2.28. The summed E-state index contributed by atoms with van der Waals surface area (Å²) in [5.74, 6) is -2.56. The van der Waals surface area contributed by atoms with E-state index in [1.54, 1.807) is 48.5 Å². The number of carboxylic acid groups (broad SMARTS) is 1. The fourth-order valence-electron chi connectivity index (χ4n) is 3.51. The van der Waals surface area contributed by atoms with Crippen LogP contribution in [0.15, 0.2) is 59.6 Å². The smallest absolute Gasteiger partial charge is 0.326 e. The molecule has 0 saturated heterocycles. The number of carbonyl (C=O) groups is 4. The van der Waals surface area contributed by atoms with Gasteiger partial charge in [0.1, 0.15) is 18.4 Å². The van der Waals surface area contributed by atoms with Crippen LogP contribution < -0.4 is 27.8 Å². The number of aliphatic imine (C=N–C) groups is 1. The van der Waals surface area contributed by atoms with Crippen molar-refractivity contribution >= 4 is 30.0 Å².